The lowest BCUT2D eigenvalue weighted by Crippen LogP contribution is -2.26. The molecule has 2 aromatic carbocycles. The maximum absolute atomic E-state index is 12.2. The molecule has 158 valence electrons. The Hall–Kier alpha value is -3.80. The maximum Gasteiger partial charge on any atom is 0.407 e. The lowest BCUT2D eigenvalue weighted by atomic mass is 9.98. The number of pyridine rings is 1. The molecular formula is C25H25N3O3. The van der Waals surface area contributed by atoms with Crippen molar-refractivity contribution < 1.29 is 14.3 Å². The Labute approximate surface area is 181 Å². The fourth-order valence-corrected chi connectivity index (χ4v) is 3.87. The van der Waals surface area contributed by atoms with Crippen molar-refractivity contribution in [3.05, 3.63) is 83.6 Å². The van der Waals surface area contributed by atoms with Crippen molar-refractivity contribution in [1.82, 2.24) is 10.3 Å². The highest BCUT2D eigenvalue weighted by Gasteiger charge is 2.28. The molecular weight excluding hydrogens is 390 g/mol. The number of anilines is 1. The Morgan fingerprint density at radius 2 is 1.81 bits per heavy atom. The van der Waals surface area contributed by atoms with Crippen LogP contribution in [0.5, 0.6) is 5.88 Å². The molecule has 0 unspecified atom stereocenters. The second kappa shape index (κ2) is 9.34. The fraction of sp³-hybridized carbons (Fsp3) is 0.200. The van der Waals surface area contributed by atoms with E-state index in [1.165, 1.54) is 29.4 Å². The van der Waals surface area contributed by atoms with Gasteiger partial charge in [0, 0.05) is 18.7 Å². The van der Waals surface area contributed by atoms with Crippen molar-refractivity contribution in [2.24, 2.45) is 0 Å². The van der Waals surface area contributed by atoms with E-state index in [0.717, 1.165) is 5.56 Å². The van der Waals surface area contributed by atoms with Crippen molar-refractivity contribution in [1.29, 1.82) is 0 Å². The molecule has 0 radical (unpaired) electrons. The fourth-order valence-electron chi connectivity index (χ4n) is 3.87. The number of fused-ring (bicyclic) bond motifs is 3. The number of methoxy groups -OCH3 is 1. The number of nitrogen functional groups attached to an aromatic ring is 1. The van der Waals surface area contributed by atoms with E-state index >= 15 is 0 Å². The number of alkyl carbamates (subject to hydrolysis) is 1. The monoisotopic (exact) mass is 415 g/mol. The maximum atomic E-state index is 12.2. The molecule has 0 saturated carbocycles. The molecule has 3 aromatic rings. The number of rotatable bonds is 7. The third kappa shape index (κ3) is 4.53. The number of carbonyl (C=O) groups excluding carboxylic acids is 1. The molecule has 1 heterocycles. The van der Waals surface area contributed by atoms with Crippen LogP contribution in [-0.2, 0) is 4.74 Å². The minimum Gasteiger partial charge on any atom is -0.480 e. The second-order valence-corrected chi connectivity index (χ2v) is 7.31. The number of nitrogens with one attached hydrogen (secondary N) is 1. The van der Waals surface area contributed by atoms with Crippen LogP contribution in [0.15, 0.2) is 66.9 Å². The van der Waals surface area contributed by atoms with Crippen LogP contribution in [0.3, 0.4) is 0 Å². The molecule has 0 spiro atoms. The Balaban J connectivity index is 1.26. The van der Waals surface area contributed by atoms with Gasteiger partial charge in [-0.25, -0.2) is 9.78 Å². The van der Waals surface area contributed by atoms with E-state index in [-0.39, 0.29) is 5.92 Å². The first kappa shape index (κ1) is 20.5. The molecule has 6 nitrogen and oxygen atoms in total. The zero-order chi connectivity index (χ0) is 21.6. The normalized spacial score (nSPS) is 12.4. The van der Waals surface area contributed by atoms with Crippen molar-refractivity contribution >= 4 is 17.9 Å². The number of carbonyl (C=O) groups is 1. The lowest BCUT2D eigenvalue weighted by Gasteiger charge is -2.14. The van der Waals surface area contributed by atoms with Crippen LogP contribution in [0.2, 0.25) is 0 Å². The minimum atomic E-state index is -0.411. The van der Waals surface area contributed by atoms with E-state index in [1.807, 2.05) is 36.4 Å². The van der Waals surface area contributed by atoms with Crippen LogP contribution in [-0.4, -0.2) is 31.3 Å². The van der Waals surface area contributed by atoms with E-state index in [4.69, 9.17) is 15.2 Å². The molecule has 1 amide bonds. The molecule has 1 aromatic heterocycles. The summed E-state index contributed by atoms with van der Waals surface area (Å²) >= 11 is 0. The van der Waals surface area contributed by atoms with Gasteiger partial charge in [-0.15, -0.1) is 0 Å². The first-order chi connectivity index (χ1) is 15.2. The van der Waals surface area contributed by atoms with Gasteiger partial charge in [-0.2, -0.15) is 0 Å². The number of aromatic nitrogens is 1. The van der Waals surface area contributed by atoms with Crippen molar-refractivity contribution in [2.75, 3.05) is 26.0 Å². The largest absolute Gasteiger partial charge is 0.480 e. The van der Waals surface area contributed by atoms with Gasteiger partial charge in [-0.3, -0.25) is 0 Å². The SMILES string of the molecule is COc1ncc(C=CCCNC(=O)OCC2c3ccccc3-c3ccccc32)cc1N. The first-order valence-electron chi connectivity index (χ1n) is 10.2. The summed E-state index contributed by atoms with van der Waals surface area (Å²) < 4.78 is 10.6. The molecule has 0 bridgehead atoms. The summed E-state index contributed by atoms with van der Waals surface area (Å²) in [7, 11) is 1.53. The molecule has 6 heteroatoms. The molecule has 1 aliphatic carbocycles. The topological polar surface area (TPSA) is 86.5 Å². The summed E-state index contributed by atoms with van der Waals surface area (Å²) in [5, 5.41) is 2.80. The predicted molar refractivity (Wildman–Crippen MR) is 122 cm³/mol. The van der Waals surface area contributed by atoms with Crippen LogP contribution in [0.25, 0.3) is 17.2 Å². The molecule has 0 atom stereocenters. The molecule has 31 heavy (non-hydrogen) atoms. The number of ether oxygens (including phenoxy) is 2. The van der Waals surface area contributed by atoms with Gasteiger partial charge in [0.25, 0.3) is 0 Å². The summed E-state index contributed by atoms with van der Waals surface area (Å²) in [6.45, 7) is 0.790. The van der Waals surface area contributed by atoms with Gasteiger partial charge in [0.05, 0.1) is 12.8 Å². The van der Waals surface area contributed by atoms with Gasteiger partial charge in [0.15, 0.2) is 0 Å². The smallest absolute Gasteiger partial charge is 0.407 e. The van der Waals surface area contributed by atoms with E-state index in [9.17, 15) is 4.79 Å². The summed E-state index contributed by atoms with van der Waals surface area (Å²) in [5.74, 6) is 0.472. The van der Waals surface area contributed by atoms with Crippen molar-refractivity contribution in [2.45, 2.75) is 12.3 Å². The van der Waals surface area contributed by atoms with Gasteiger partial charge in [-0.1, -0.05) is 60.7 Å². The molecule has 0 fully saturated rings. The summed E-state index contributed by atoms with van der Waals surface area (Å²) in [6.07, 6.45) is 5.79. The number of benzene rings is 2. The highest BCUT2D eigenvalue weighted by molar-refractivity contribution is 5.79. The number of nitrogens with two attached hydrogens (primary N) is 1. The van der Waals surface area contributed by atoms with Crippen LogP contribution in [0, 0.1) is 0 Å². The summed E-state index contributed by atoms with van der Waals surface area (Å²) in [4.78, 5) is 16.3. The lowest BCUT2D eigenvalue weighted by molar-refractivity contribution is 0.143. The number of hydrogen-bond donors (Lipinski definition) is 2. The highest BCUT2D eigenvalue weighted by atomic mass is 16.5. The highest BCUT2D eigenvalue weighted by Crippen LogP contribution is 2.44. The quantitative estimate of drug-likeness (QED) is 0.550. The number of amides is 1. The average molecular weight is 415 g/mol. The van der Waals surface area contributed by atoms with Gasteiger partial charge in [-0.05, 0) is 40.3 Å². The van der Waals surface area contributed by atoms with Crippen LogP contribution >= 0.6 is 0 Å². The molecule has 1 aliphatic rings. The Morgan fingerprint density at radius 1 is 1.13 bits per heavy atom. The van der Waals surface area contributed by atoms with Crippen molar-refractivity contribution in [3.63, 3.8) is 0 Å². The Morgan fingerprint density at radius 3 is 2.45 bits per heavy atom. The Kier molecular flexibility index (Phi) is 6.17. The van der Waals surface area contributed by atoms with E-state index in [2.05, 4.69) is 34.6 Å². The van der Waals surface area contributed by atoms with Gasteiger partial charge in [0.1, 0.15) is 6.61 Å². The zero-order valence-corrected chi connectivity index (χ0v) is 17.4. The second-order valence-electron chi connectivity index (χ2n) is 7.31. The van der Waals surface area contributed by atoms with Crippen molar-refractivity contribution in [3.8, 4) is 17.0 Å². The number of hydrogen-bond acceptors (Lipinski definition) is 5. The van der Waals surface area contributed by atoms with Gasteiger partial charge >= 0.3 is 6.09 Å². The molecule has 3 N–H and O–H groups in total. The van der Waals surface area contributed by atoms with Gasteiger partial charge < -0.3 is 20.5 Å². The van der Waals surface area contributed by atoms with E-state index in [1.54, 1.807) is 12.3 Å². The molecule has 4 rings (SSSR count). The first-order valence-corrected chi connectivity index (χ1v) is 10.2. The predicted octanol–water partition coefficient (Wildman–Crippen LogP) is 4.61. The molecule has 0 saturated heterocycles. The molecule has 0 aliphatic heterocycles. The summed E-state index contributed by atoms with van der Waals surface area (Å²) in [6, 6.07) is 18.4. The van der Waals surface area contributed by atoms with E-state index in [0.29, 0.717) is 31.1 Å². The van der Waals surface area contributed by atoms with Gasteiger partial charge in [0.2, 0.25) is 5.88 Å². The zero-order valence-electron chi connectivity index (χ0n) is 17.4. The standard InChI is InChI=1S/C25H25N3O3/c1-30-24-23(26)14-17(15-28-24)8-6-7-13-27-25(29)31-16-22-20-11-4-2-9-18(20)19-10-3-5-12-21(19)22/h2-6,8-12,14-15,22H,7,13,16,26H2,1H3,(H,27,29). The summed E-state index contributed by atoms with van der Waals surface area (Å²) in [5.41, 5.74) is 12.0. The third-order valence-corrected chi connectivity index (χ3v) is 5.33. The minimum absolute atomic E-state index is 0.0612. The van der Waals surface area contributed by atoms with Crippen LogP contribution in [0.4, 0.5) is 10.5 Å². The Bertz CT molecular complexity index is 1070. The van der Waals surface area contributed by atoms with E-state index < -0.39 is 6.09 Å². The van der Waals surface area contributed by atoms with Crippen LogP contribution < -0.4 is 15.8 Å². The van der Waals surface area contributed by atoms with Crippen LogP contribution in [0.1, 0.15) is 29.0 Å². The third-order valence-electron chi connectivity index (χ3n) is 5.33. The number of nitrogens with zero attached hydrogens (tertiary/aromatic N) is 1. The average Bonchev–Trinajstić information content (AvgIpc) is 3.11.